The summed E-state index contributed by atoms with van der Waals surface area (Å²) in [5, 5.41) is 43.5. The van der Waals surface area contributed by atoms with Gasteiger partial charge in [0.05, 0.1) is 11.9 Å². The minimum atomic E-state index is -1.65. The standard InChI is InChI=1S/C53H71N11O11S2/c1-32(65)47-52(74)62-42(28-33-11-5-4-6-12-33)53(75)64(3)43(20-21-45(68)56-24-25-57-46(69)31-77-76-26-22-44(67)55-2)51(73)61-40(27-34-16-18-36(66)19-17-34)49(71)60-41(29-35-30-58-38-14-8-7-13-37(35)38)50(72)59-39(48(70)63-47)15-9-10-23-54/h4-8,11-14,16-19,30,32,39-43,47,58,65-66H,9-10,15,20-29,31,54H2,1-3H3,(H,55,67)(H,56,68)(H,57,69)(H,59,72)(H,60,71)(H,61,73)(H,62,74)(H,63,70)/t32-,39+,40+,41-,42+,43+,47?/m1/s1. The highest BCUT2D eigenvalue weighted by Gasteiger charge is 2.38. The van der Waals surface area contributed by atoms with Crippen molar-refractivity contribution in [3.8, 4) is 5.75 Å². The number of amides is 9. The molecule has 0 spiro atoms. The maximum atomic E-state index is 14.9. The van der Waals surface area contributed by atoms with Gasteiger partial charge >= 0.3 is 0 Å². The van der Waals surface area contributed by atoms with Gasteiger partial charge in [0.25, 0.3) is 0 Å². The second-order valence-corrected chi connectivity index (χ2v) is 21.2. The van der Waals surface area contributed by atoms with Gasteiger partial charge in [-0.15, -0.1) is 0 Å². The van der Waals surface area contributed by atoms with Gasteiger partial charge in [0.15, 0.2) is 0 Å². The first kappa shape index (κ1) is 60.7. The second-order valence-electron chi connectivity index (χ2n) is 18.6. The van der Waals surface area contributed by atoms with Crippen molar-refractivity contribution in [2.75, 3.05) is 45.2 Å². The van der Waals surface area contributed by atoms with E-state index in [0.29, 0.717) is 41.7 Å². The summed E-state index contributed by atoms with van der Waals surface area (Å²) in [5.41, 5.74) is 8.27. The van der Waals surface area contributed by atoms with Crippen LogP contribution in [0.3, 0.4) is 0 Å². The molecule has 7 atom stereocenters. The van der Waals surface area contributed by atoms with Crippen molar-refractivity contribution in [1.29, 1.82) is 0 Å². The molecule has 416 valence electrons. The topological polar surface area (TPSA) is 335 Å². The summed E-state index contributed by atoms with van der Waals surface area (Å²) in [5.74, 6) is -5.42. The van der Waals surface area contributed by atoms with E-state index >= 15 is 0 Å². The molecule has 9 amide bonds. The van der Waals surface area contributed by atoms with Crippen molar-refractivity contribution in [1.82, 2.24) is 52.4 Å². The number of unbranched alkanes of at least 4 members (excludes halogenated alkanes) is 1. The lowest BCUT2D eigenvalue weighted by atomic mass is 9.99. The van der Waals surface area contributed by atoms with Crippen LogP contribution >= 0.6 is 21.6 Å². The van der Waals surface area contributed by atoms with E-state index in [1.807, 2.05) is 24.3 Å². The zero-order valence-electron chi connectivity index (χ0n) is 43.4. The Labute approximate surface area is 455 Å². The molecule has 13 N–H and O–H groups in total. The highest BCUT2D eigenvalue weighted by Crippen LogP contribution is 2.22. The molecule has 0 radical (unpaired) electrons. The molecule has 1 fully saturated rings. The lowest BCUT2D eigenvalue weighted by molar-refractivity contribution is -0.144. The number of phenols is 1. The monoisotopic (exact) mass is 1100 g/mol. The average molecular weight is 1100 g/mol. The van der Waals surface area contributed by atoms with Gasteiger partial charge in [-0.05, 0) is 74.0 Å². The van der Waals surface area contributed by atoms with Gasteiger partial charge in [-0.3, -0.25) is 43.2 Å². The first-order valence-corrected chi connectivity index (χ1v) is 28.0. The number of hydrogen-bond donors (Lipinski definition) is 12. The first-order chi connectivity index (χ1) is 37.0. The molecule has 2 heterocycles. The highest BCUT2D eigenvalue weighted by atomic mass is 33.1. The van der Waals surface area contributed by atoms with Crippen LogP contribution in [0.5, 0.6) is 5.75 Å². The Bertz CT molecular complexity index is 2640. The van der Waals surface area contributed by atoms with Crippen molar-refractivity contribution >= 4 is 85.7 Å². The third kappa shape index (κ3) is 19.4. The number of nitrogens with zero attached hydrogens (tertiary/aromatic N) is 1. The molecule has 22 nitrogen and oxygen atoms in total. The summed E-state index contributed by atoms with van der Waals surface area (Å²) < 4.78 is 0. The molecule has 1 aromatic heterocycles. The van der Waals surface area contributed by atoms with Gasteiger partial charge in [-0.2, -0.15) is 0 Å². The van der Waals surface area contributed by atoms with E-state index in [4.69, 9.17) is 5.73 Å². The molecular formula is C53H71N11O11S2. The number of aliphatic hydroxyl groups excluding tert-OH is 1. The fourth-order valence-corrected chi connectivity index (χ4v) is 10.3. The summed E-state index contributed by atoms with van der Waals surface area (Å²) in [4.78, 5) is 130. The molecular weight excluding hydrogens is 1030 g/mol. The minimum Gasteiger partial charge on any atom is -0.508 e. The number of nitrogens with two attached hydrogens (primary N) is 1. The number of carbonyl (C=O) groups excluding carboxylic acids is 9. The predicted molar refractivity (Wildman–Crippen MR) is 294 cm³/mol. The maximum Gasteiger partial charge on any atom is 0.245 e. The third-order valence-electron chi connectivity index (χ3n) is 12.8. The maximum absolute atomic E-state index is 14.9. The first-order valence-electron chi connectivity index (χ1n) is 25.5. The minimum absolute atomic E-state index is 0.0213. The molecule has 24 heteroatoms. The zero-order chi connectivity index (χ0) is 55.9. The number of likely N-dealkylation sites (N-methyl/N-ethyl adjacent to an activating group) is 1. The van der Waals surface area contributed by atoms with Crippen molar-refractivity contribution in [3.63, 3.8) is 0 Å². The SMILES string of the molecule is CNC(=O)CCSSCC(=O)NCCNC(=O)CC[C@H]1C(=O)N[C@@H](Cc2ccc(O)cc2)C(=O)N[C@H](Cc2c[nH]c3ccccc23)C(=O)N[C@@H](CCCCN)C(=O)NC([C@@H](C)O)C(=O)N[C@@H](Cc2ccccc2)C(=O)N1C. The summed E-state index contributed by atoms with van der Waals surface area (Å²) in [7, 11) is 5.52. The number of H-pyrrole nitrogens is 1. The molecule has 0 bridgehead atoms. The normalized spacial score (nSPS) is 20.4. The number of rotatable bonds is 23. The predicted octanol–water partition coefficient (Wildman–Crippen LogP) is 0.206. The number of carbonyl (C=O) groups is 9. The fourth-order valence-electron chi connectivity index (χ4n) is 8.48. The number of aromatic hydroxyl groups is 1. The van der Waals surface area contributed by atoms with Crippen LogP contribution in [0.25, 0.3) is 10.9 Å². The summed E-state index contributed by atoms with van der Waals surface area (Å²) in [6.45, 7) is 1.65. The summed E-state index contributed by atoms with van der Waals surface area (Å²) in [6.07, 6.45) is 0.327. The molecule has 1 aliphatic rings. The molecule has 4 aromatic rings. The Hall–Kier alpha value is -7.15. The molecule has 3 aromatic carbocycles. The van der Waals surface area contributed by atoms with E-state index in [9.17, 15) is 53.4 Å². The number of nitrogens with one attached hydrogen (secondary N) is 9. The molecule has 0 aliphatic carbocycles. The Morgan fingerprint density at radius 2 is 1.26 bits per heavy atom. The molecule has 1 saturated heterocycles. The van der Waals surface area contributed by atoms with Crippen molar-refractivity contribution < 1.29 is 53.4 Å². The van der Waals surface area contributed by atoms with Crippen LogP contribution in [0.15, 0.2) is 85.1 Å². The quantitative estimate of drug-likeness (QED) is 0.0349. The number of para-hydroxylation sites is 1. The van der Waals surface area contributed by atoms with Crippen LogP contribution in [0, 0.1) is 0 Å². The number of fused-ring (bicyclic) bond motifs is 1. The number of aliphatic hydroxyl groups is 1. The zero-order valence-corrected chi connectivity index (χ0v) is 45.1. The number of aromatic nitrogens is 1. The number of benzene rings is 3. The fraction of sp³-hybridized carbons (Fsp3) is 0.453. The van der Waals surface area contributed by atoms with Crippen LogP contribution in [-0.2, 0) is 62.4 Å². The Balaban J connectivity index is 1.50. The van der Waals surface area contributed by atoms with E-state index in [1.165, 1.54) is 47.7 Å². The van der Waals surface area contributed by atoms with Gasteiger partial charge in [-0.1, -0.05) is 82.3 Å². The molecule has 1 unspecified atom stereocenters. The largest absolute Gasteiger partial charge is 0.508 e. The Kier molecular flexibility index (Phi) is 24.6. The van der Waals surface area contributed by atoms with Gasteiger partial charge in [0.2, 0.25) is 53.2 Å². The Morgan fingerprint density at radius 1 is 0.662 bits per heavy atom. The van der Waals surface area contributed by atoms with Crippen molar-refractivity contribution in [2.45, 2.75) is 107 Å². The number of hydrogen-bond acceptors (Lipinski definition) is 14. The van der Waals surface area contributed by atoms with Gasteiger partial charge in [-0.25, -0.2) is 0 Å². The van der Waals surface area contributed by atoms with Crippen LogP contribution in [0.1, 0.15) is 62.1 Å². The Morgan fingerprint density at radius 3 is 1.95 bits per heavy atom. The molecule has 5 rings (SSSR count). The number of aromatic amines is 1. The lowest BCUT2D eigenvalue weighted by Gasteiger charge is -2.33. The molecule has 0 saturated carbocycles. The smallest absolute Gasteiger partial charge is 0.245 e. The van der Waals surface area contributed by atoms with E-state index in [2.05, 4.69) is 47.5 Å². The van der Waals surface area contributed by atoms with Crippen LogP contribution in [0.2, 0.25) is 0 Å². The lowest BCUT2D eigenvalue weighted by Crippen LogP contribution is -2.63. The van der Waals surface area contributed by atoms with Gasteiger partial charge in [0.1, 0.15) is 42.0 Å². The average Bonchev–Trinajstić information content (AvgIpc) is 3.83. The van der Waals surface area contributed by atoms with E-state index in [1.54, 1.807) is 55.7 Å². The molecule has 1 aliphatic heterocycles. The van der Waals surface area contributed by atoms with E-state index in [-0.39, 0.29) is 81.5 Å². The highest BCUT2D eigenvalue weighted by molar-refractivity contribution is 8.76. The van der Waals surface area contributed by atoms with E-state index < -0.39 is 83.7 Å². The van der Waals surface area contributed by atoms with Crippen molar-refractivity contribution in [2.24, 2.45) is 5.73 Å². The van der Waals surface area contributed by atoms with Gasteiger partial charge in [0, 0.05) is 82.1 Å². The van der Waals surface area contributed by atoms with Crippen LogP contribution in [0.4, 0.5) is 0 Å². The summed E-state index contributed by atoms with van der Waals surface area (Å²) in [6, 6.07) is 13.2. The second kappa shape index (κ2) is 31.2. The van der Waals surface area contributed by atoms with Gasteiger partial charge < -0.3 is 68.4 Å². The van der Waals surface area contributed by atoms with Crippen molar-refractivity contribution in [3.05, 3.63) is 102 Å². The summed E-state index contributed by atoms with van der Waals surface area (Å²) >= 11 is 0. The third-order valence-corrected chi connectivity index (χ3v) is 15.0. The molecule has 77 heavy (non-hydrogen) atoms. The van der Waals surface area contributed by atoms with Crippen LogP contribution < -0.4 is 48.3 Å². The number of phenolic OH excluding ortho intramolecular Hbond substituents is 1. The van der Waals surface area contributed by atoms with E-state index in [0.717, 1.165) is 15.8 Å². The van der Waals surface area contributed by atoms with Crippen LogP contribution in [-0.4, -0.2) is 161 Å².